The molecule has 17 heavy (non-hydrogen) atoms. The lowest BCUT2D eigenvalue weighted by atomic mass is 10.0. The van der Waals surface area contributed by atoms with E-state index in [-0.39, 0.29) is 24.4 Å². The van der Waals surface area contributed by atoms with Crippen molar-refractivity contribution in [3.63, 3.8) is 0 Å². The normalized spacial score (nSPS) is 12.1. The van der Waals surface area contributed by atoms with Crippen LogP contribution in [0.2, 0.25) is 0 Å². The van der Waals surface area contributed by atoms with Crippen molar-refractivity contribution in [3.05, 3.63) is 0 Å². The maximum Gasteiger partial charge on any atom is 0.236 e. The molecule has 0 aliphatic rings. The molecule has 0 saturated heterocycles. The van der Waals surface area contributed by atoms with Gasteiger partial charge in [-0.15, -0.1) is 12.4 Å². The van der Waals surface area contributed by atoms with E-state index in [2.05, 4.69) is 19.2 Å². The van der Waals surface area contributed by atoms with Gasteiger partial charge in [-0.05, 0) is 32.1 Å². The number of unbranched alkanes of at least 4 members (excludes halogenated alkanes) is 1. The molecule has 104 valence electrons. The van der Waals surface area contributed by atoms with Gasteiger partial charge in [0, 0.05) is 19.8 Å². The molecule has 0 rings (SSSR count). The molecule has 3 N–H and O–H groups in total. The molecule has 4 nitrogen and oxygen atoms in total. The minimum atomic E-state index is -0.369. The van der Waals surface area contributed by atoms with Gasteiger partial charge in [-0.25, -0.2) is 0 Å². The third kappa shape index (κ3) is 11.9. The van der Waals surface area contributed by atoms with Crippen LogP contribution in [-0.2, 0) is 9.53 Å². The van der Waals surface area contributed by atoms with E-state index in [1.165, 1.54) is 0 Å². The van der Waals surface area contributed by atoms with Crippen LogP contribution in [0.15, 0.2) is 0 Å². The van der Waals surface area contributed by atoms with Crippen LogP contribution >= 0.6 is 12.4 Å². The Kier molecular flexibility index (Phi) is 13.6. The van der Waals surface area contributed by atoms with Gasteiger partial charge in [0.25, 0.3) is 0 Å². The number of ether oxygens (including phenoxy) is 1. The van der Waals surface area contributed by atoms with E-state index in [0.29, 0.717) is 12.5 Å². The fraction of sp³-hybridized carbons (Fsp3) is 0.917. The monoisotopic (exact) mass is 266 g/mol. The smallest absolute Gasteiger partial charge is 0.236 e. The molecule has 0 aliphatic heterocycles. The van der Waals surface area contributed by atoms with Crippen molar-refractivity contribution in [2.45, 2.75) is 46.1 Å². The molecule has 5 heteroatoms. The molecule has 1 amide bonds. The van der Waals surface area contributed by atoms with Crippen molar-refractivity contribution in [1.82, 2.24) is 5.32 Å². The highest BCUT2D eigenvalue weighted by molar-refractivity contribution is 5.85. The minimum absolute atomic E-state index is 0. The first-order chi connectivity index (χ1) is 7.57. The summed E-state index contributed by atoms with van der Waals surface area (Å²) in [5.74, 6) is 0.420. The molecule has 0 bridgehead atoms. The molecule has 0 aromatic heterocycles. The van der Waals surface area contributed by atoms with Crippen molar-refractivity contribution in [3.8, 4) is 0 Å². The van der Waals surface area contributed by atoms with Gasteiger partial charge in [0.2, 0.25) is 5.91 Å². The van der Waals surface area contributed by atoms with Crippen molar-refractivity contribution in [2.24, 2.45) is 11.7 Å². The molecule has 0 aromatic rings. The van der Waals surface area contributed by atoms with Crippen LogP contribution in [-0.4, -0.2) is 31.7 Å². The third-order valence-electron chi connectivity index (χ3n) is 2.28. The third-order valence-corrected chi connectivity index (χ3v) is 2.28. The average molecular weight is 267 g/mol. The molecule has 0 spiro atoms. The Morgan fingerprint density at radius 1 is 1.35 bits per heavy atom. The van der Waals surface area contributed by atoms with Gasteiger partial charge in [0.05, 0.1) is 6.04 Å². The number of rotatable bonds is 9. The Morgan fingerprint density at radius 2 is 2.00 bits per heavy atom. The Morgan fingerprint density at radius 3 is 2.53 bits per heavy atom. The van der Waals surface area contributed by atoms with Gasteiger partial charge in [-0.3, -0.25) is 4.79 Å². The first-order valence-electron chi connectivity index (χ1n) is 6.19. The number of nitrogens with one attached hydrogen (secondary N) is 1. The summed E-state index contributed by atoms with van der Waals surface area (Å²) in [4.78, 5) is 11.5. The van der Waals surface area contributed by atoms with Crippen LogP contribution < -0.4 is 11.1 Å². The SMILES string of the molecule is CCOCCCCNC(=O)[C@@H](N)CC(C)C.Cl. The van der Waals surface area contributed by atoms with E-state index in [0.717, 1.165) is 32.5 Å². The van der Waals surface area contributed by atoms with Crippen LogP contribution in [0, 0.1) is 5.92 Å². The maximum absolute atomic E-state index is 11.5. The van der Waals surface area contributed by atoms with E-state index in [1.807, 2.05) is 6.92 Å². The van der Waals surface area contributed by atoms with E-state index in [4.69, 9.17) is 10.5 Å². The van der Waals surface area contributed by atoms with Crippen LogP contribution in [0.5, 0.6) is 0 Å². The van der Waals surface area contributed by atoms with Gasteiger partial charge in [-0.1, -0.05) is 13.8 Å². The number of hydrogen-bond donors (Lipinski definition) is 2. The Labute approximate surface area is 111 Å². The molecule has 0 aliphatic carbocycles. The molecular formula is C12H27ClN2O2. The topological polar surface area (TPSA) is 64.3 Å². The lowest BCUT2D eigenvalue weighted by Gasteiger charge is -2.13. The summed E-state index contributed by atoms with van der Waals surface area (Å²) in [5.41, 5.74) is 5.74. The lowest BCUT2D eigenvalue weighted by Crippen LogP contribution is -2.41. The number of nitrogens with two attached hydrogens (primary N) is 1. The predicted molar refractivity (Wildman–Crippen MR) is 73.4 cm³/mol. The highest BCUT2D eigenvalue weighted by Gasteiger charge is 2.13. The van der Waals surface area contributed by atoms with E-state index in [1.54, 1.807) is 0 Å². The quantitative estimate of drug-likeness (QED) is 0.625. The first kappa shape index (κ1) is 19.0. The predicted octanol–water partition coefficient (Wildman–Crippen LogP) is 1.71. The molecule has 0 heterocycles. The van der Waals surface area contributed by atoms with Crippen LogP contribution in [0.4, 0.5) is 0 Å². The second-order valence-electron chi connectivity index (χ2n) is 4.43. The Bertz CT molecular complexity index is 189. The summed E-state index contributed by atoms with van der Waals surface area (Å²) >= 11 is 0. The number of halogens is 1. The number of carbonyl (C=O) groups excluding carboxylic acids is 1. The average Bonchev–Trinajstić information content (AvgIpc) is 2.21. The van der Waals surface area contributed by atoms with Crippen LogP contribution in [0.25, 0.3) is 0 Å². The van der Waals surface area contributed by atoms with Gasteiger partial charge in [0.15, 0.2) is 0 Å². The largest absolute Gasteiger partial charge is 0.382 e. The standard InChI is InChI=1S/C12H26N2O2.ClH/c1-4-16-8-6-5-7-14-12(15)11(13)9-10(2)3;/h10-11H,4-9,13H2,1-3H3,(H,14,15);1H/t11-;/m0./s1. The second kappa shape index (κ2) is 12.1. The van der Waals surface area contributed by atoms with Gasteiger partial charge < -0.3 is 15.8 Å². The van der Waals surface area contributed by atoms with E-state index < -0.39 is 0 Å². The summed E-state index contributed by atoms with van der Waals surface area (Å²) in [6.45, 7) is 8.32. The van der Waals surface area contributed by atoms with Crippen LogP contribution in [0.3, 0.4) is 0 Å². The van der Waals surface area contributed by atoms with Crippen molar-refractivity contribution < 1.29 is 9.53 Å². The molecule has 0 unspecified atom stereocenters. The molecule has 0 saturated carbocycles. The fourth-order valence-corrected chi connectivity index (χ4v) is 1.43. The number of hydrogen-bond acceptors (Lipinski definition) is 3. The molecule has 1 atom stereocenters. The van der Waals surface area contributed by atoms with Crippen molar-refractivity contribution >= 4 is 18.3 Å². The van der Waals surface area contributed by atoms with E-state index >= 15 is 0 Å². The zero-order chi connectivity index (χ0) is 12.4. The van der Waals surface area contributed by atoms with Crippen LogP contribution in [0.1, 0.15) is 40.0 Å². The fourth-order valence-electron chi connectivity index (χ4n) is 1.43. The van der Waals surface area contributed by atoms with Crippen molar-refractivity contribution in [2.75, 3.05) is 19.8 Å². The summed E-state index contributed by atoms with van der Waals surface area (Å²) in [6.07, 6.45) is 2.67. The van der Waals surface area contributed by atoms with Gasteiger partial charge >= 0.3 is 0 Å². The maximum atomic E-state index is 11.5. The lowest BCUT2D eigenvalue weighted by molar-refractivity contribution is -0.122. The Balaban J connectivity index is 0. The van der Waals surface area contributed by atoms with Gasteiger partial charge in [0.1, 0.15) is 0 Å². The number of amides is 1. The number of carbonyl (C=O) groups is 1. The van der Waals surface area contributed by atoms with E-state index in [9.17, 15) is 4.79 Å². The first-order valence-corrected chi connectivity index (χ1v) is 6.19. The molecular weight excluding hydrogens is 240 g/mol. The summed E-state index contributed by atoms with van der Waals surface area (Å²) in [7, 11) is 0. The highest BCUT2D eigenvalue weighted by atomic mass is 35.5. The summed E-state index contributed by atoms with van der Waals surface area (Å²) in [6, 6.07) is -0.369. The molecule has 0 aromatic carbocycles. The highest BCUT2D eigenvalue weighted by Crippen LogP contribution is 2.02. The molecule has 0 radical (unpaired) electrons. The summed E-state index contributed by atoms with van der Waals surface area (Å²) < 4.78 is 5.20. The van der Waals surface area contributed by atoms with Crippen molar-refractivity contribution in [1.29, 1.82) is 0 Å². The van der Waals surface area contributed by atoms with Gasteiger partial charge in [-0.2, -0.15) is 0 Å². The zero-order valence-corrected chi connectivity index (χ0v) is 12.0. The zero-order valence-electron chi connectivity index (χ0n) is 11.2. The second-order valence-corrected chi connectivity index (χ2v) is 4.43. The summed E-state index contributed by atoms with van der Waals surface area (Å²) in [5, 5.41) is 2.85. The minimum Gasteiger partial charge on any atom is -0.382 e. The Hall–Kier alpha value is -0.320. The molecule has 0 fully saturated rings.